The molecule has 0 bridgehead atoms. The van der Waals surface area contributed by atoms with Gasteiger partial charge in [-0.25, -0.2) is 0 Å². The molecule has 1 aliphatic rings. The van der Waals surface area contributed by atoms with Crippen LogP contribution < -0.4 is 5.32 Å². The smallest absolute Gasteiger partial charge is 0.254 e. The van der Waals surface area contributed by atoms with E-state index < -0.39 is 0 Å². The molecule has 1 amide bonds. The number of hydrogen-bond acceptors (Lipinski definition) is 3. The van der Waals surface area contributed by atoms with Crippen molar-refractivity contribution in [2.45, 2.75) is 52.5 Å². The van der Waals surface area contributed by atoms with Crippen LogP contribution in [0.15, 0.2) is 12.4 Å². The summed E-state index contributed by atoms with van der Waals surface area (Å²) in [6, 6.07) is 0. The molecule has 0 radical (unpaired) electrons. The molecule has 1 fully saturated rings. The van der Waals surface area contributed by atoms with Crippen molar-refractivity contribution in [1.82, 2.24) is 20.0 Å². The highest BCUT2D eigenvalue weighted by Crippen LogP contribution is 2.16. The first-order valence-electron chi connectivity index (χ1n) is 8.42. The molecule has 1 aromatic heterocycles. The molecule has 0 saturated carbocycles. The van der Waals surface area contributed by atoms with Crippen LogP contribution in [0.25, 0.3) is 0 Å². The molecule has 0 aliphatic carbocycles. The second-order valence-corrected chi connectivity index (χ2v) is 7.48. The SMILES string of the molecule is CC1CCN(CCCNC(=O)c2cnn(C(C)(C)C)c2)CC1. The van der Waals surface area contributed by atoms with Gasteiger partial charge in [0.1, 0.15) is 0 Å². The summed E-state index contributed by atoms with van der Waals surface area (Å²) < 4.78 is 1.83. The summed E-state index contributed by atoms with van der Waals surface area (Å²) in [6.45, 7) is 12.7. The summed E-state index contributed by atoms with van der Waals surface area (Å²) in [4.78, 5) is 14.6. The van der Waals surface area contributed by atoms with E-state index in [1.54, 1.807) is 6.20 Å². The first-order valence-corrected chi connectivity index (χ1v) is 8.42. The highest BCUT2D eigenvalue weighted by molar-refractivity contribution is 5.93. The number of aromatic nitrogens is 2. The number of amides is 1. The van der Waals surface area contributed by atoms with E-state index in [4.69, 9.17) is 0 Å². The fourth-order valence-corrected chi connectivity index (χ4v) is 2.70. The van der Waals surface area contributed by atoms with E-state index in [9.17, 15) is 4.79 Å². The summed E-state index contributed by atoms with van der Waals surface area (Å²) in [5.41, 5.74) is 0.547. The first kappa shape index (κ1) is 17.0. The van der Waals surface area contributed by atoms with E-state index in [2.05, 4.69) is 43.0 Å². The molecule has 0 atom stereocenters. The van der Waals surface area contributed by atoms with E-state index >= 15 is 0 Å². The molecule has 1 aliphatic heterocycles. The molecule has 5 heteroatoms. The summed E-state index contributed by atoms with van der Waals surface area (Å²) in [6.07, 6.45) is 7.08. The van der Waals surface area contributed by atoms with E-state index in [1.807, 2.05) is 10.9 Å². The van der Waals surface area contributed by atoms with Gasteiger partial charge in [-0.2, -0.15) is 5.10 Å². The Balaban J connectivity index is 1.68. The Morgan fingerprint density at radius 2 is 2.05 bits per heavy atom. The maximum Gasteiger partial charge on any atom is 0.254 e. The van der Waals surface area contributed by atoms with Gasteiger partial charge in [-0.15, -0.1) is 0 Å². The molecule has 0 unspecified atom stereocenters. The normalized spacial score (nSPS) is 17.6. The van der Waals surface area contributed by atoms with Crippen LogP contribution in [0.5, 0.6) is 0 Å². The Bertz CT molecular complexity index is 481. The highest BCUT2D eigenvalue weighted by Gasteiger charge is 2.17. The van der Waals surface area contributed by atoms with Gasteiger partial charge in [0.15, 0.2) is 0 Å². The first-order chi connectivity index (χ1) is 10.4. The number of carbonyl (C=O) groups is 1. The van der Waals surface area contributed by atoms with Crippen LogP contribution in [-0.4, -0.2) is 46.8 Å². The predicted molar refractivity (Wildman–Crippen MR) is 89.0 cm³/mol. The van der Waals surface area contributed by atoms with Crippen LogP contribution in [0.3, 0.4) is 0 Å². The van der Waals surface area contributed by atoms with Crippen molar-refractivity contribution < 1.29 is 4.79 Å². The number of piperidine rings is 1. The van der Waals surface area contributed by atoms with Crippen LogP contribution in [0.2, 0.25) is 0 Å². The average Bonchev–Trinajstić information content (AvgIpc) is 2.95. The predicted octanol–water partition coefficient (Wildman–Crippen LogP) is 2.49. The molecule has 2 rings (SSSR count). The molecule has 1 saturated heterocycles. The van der Waals surface area contributed by atoms with Gasteiger partial charge in [0.05, 0.1) is 17.3 Å². The zero-order valence-electron chi connectivity index (χ0n) is 14.4. The standard InChI is InChI=1S/C17H30N4O/c1-14-6-10-20(11-7-14)9-5-8-18-16(22)15-12-19-21(13-15)17(2,3)4/h12-14H,5-11H2,1-4H3,(H,18,22). The highest BCUT2D eigenvalue weighted by atomic mass is 16.1. The third-order valence-corrected chi connectivity index (χ3v) is 4.35. The topological polar surface area (TPSA) is 50.2 Å². The lowest BCUT2D eigenvalue weighted by Gasteiger charge is -2.30. The summed E-state index contributed by atoms with van der Waals surface area (Å²) in [5.74, 6) is 0.845. The van der Waals surface area contributed by atoms with Gasteiger partial charge in [0.2, 0.25) is 0 Å². The van der Waals surface area contributed by atoms with Gasteiger partial charge in [-0.05, 0) is 65.6 Å². The Labute approximate surface area is 134 Å². The van der Waals surface area contributed by atoms with Gasteiger partial charge >= 0.3 is 0 Å². The van der Waals surface area contributed by atoms with Crippen molar-refractivity contribution in [2.75, 3.05) is 26.2 Å². The van der Waals surface area contributed by atoms with Crippen LogP contribution in [0.1, 0.15) is 57.3 Å². The lowest BCUT2D eigenvalue weighted by Crippen LogP contribution is -2.35. The summed E-state index contributed by atoms with van der Waals surface area (Å²) >= 11 is 0. The molecule has 22 heavy (non-hydrogen) atoms. The van der Waals surface area contributed by atoms with Crippen LogP contribution in [-0.2, 0) is 5.54 Å². The second-order valence-electron chi connectivity index (χ2n) is 7.48. The molecular formula is C17H30N4O. The fourth-order valence-electron chi connectivity index (χ4n) is 2.70. The Morgan fingerprint density at radius 3 is 2.64 bits per heavy atom. The average molecular weight is 306 g/mol. The van der Waals surface area contributed by atoms with Crippen molar-refractivity contribution >= 4 is 5.91 Å². The van der Waals surface area contributed by atoms with Crippen LogP contribution in [0, 0.1) is 5.92 Å². The maximum atomic E-state index is 12.1. The molecule has 1 aromatic rings. The number of nitrogens with one attached hydrogen (secondary N) is 1. The van der Waals surface area contributed by atoms with Crippen molar-refractivity contribution in [3.8, 4) is 0 Å². The zero-order chi connectivity index (χ0) is 16.2. The Morgan fingerprint density at radius 1 is 1.36 bits per heavy atom. The van der Waals surface area contributed by atoms with Gasteiger partial charge in [-0.3, -0.25) is 9.48 Å². The molecule has 2 heterocycles. The minimum atomic E-state index is -0.0933. The maximum absolute atomic E-state index is 12.1. The third-order valence-electron chi connectivity index (χ3n) is 4.35. The quantitative estimate of drug-likeness (QED) is 0.850. The lowest BCUT2D eigenvalue weighted by atomic mass is 9.99. The lowest BCUT2D eigenvalue weighted by molar-refractivity contribution is 0.0950. The summed E-state index contributed by atoms with van der Waals surface area (Å²) in [5, 5.41) is 7.26. The van der Waals surface area contributed by atoms with E-state index in [0.29, 0.717) is 5.56 Å². The van der Waals surface area contributed by atoms with Crippen molar-refractivity contribution in [2.24, 2.45) is 5.92 Å². The minimum absolute atomic E-state index is 0.0252. The van der Waals surface area contributed by atoms with Gasteiger partial charge in [0, 0.05) is 12.7 Å². The van der Waals surface area contributed by atoms with Gasteiger partial charge in [0.25, 0.3) is 5.91 Å². The Kier molecular flexibility index (Phi) is 5.62. The van der Waals surface area contributed by atoms with Crippen LogP contribution in [0.4, 0.5) is 0 Å². The largest absolute Gasteiger partial charge is 0.352 e. The molecular weight excluding hydrogens is 276 g/mol. The third kappa shape index (κ3) is 4.83. The van der Waals surface area contributed by atoms with E-state index in [1.165, 1.54) is 25.9 Å². The molecule has 124 valence electrons. The van der Waals surface area contributed by atoms with Crippen LogP contribution >= 0.6 is 0 Å². The van der Waals surface area contributed by atoms with E-state index in [0.717, 1.165) is 25.4 Å². The van der Waals surface area contributed by atoms with Crippen molar-refractivity contribution in [3.63, 3.8) is 0 Å². The minimum Gasteiger partial charge on any atom is -0.352 e. The summed E-state index contributed by atoms with van der Waals surface area (Å²) in [7, 11) is 0. The molecule has 1 N–H and O–H groups in total. The monoisotopic (exact) mass is 306 g/mol. The molecule has 0 aromatic carbocycles. The number of nitrogens with zero attached hydrogens (tertiary/aromatic N) is 3. The van der Waals surface area contributed by atoms with Crippen molar-refractivity contribution in [3.05, 3.63) is 18.0 Å². The van der Waals surface area contributed by atoms with Gasteiger partial charge in [-0.1, -0.05) is 6.92 Å². The second kappa shape index (κ2) is 7.27. The van der Waals surface area contributed by atoms with E-state index in [-0.39, 0.29) is 11.4 Å². The van der Waals surface area contributed by atoms with Gasteiger partial charge < -0.3 is 10.2 Å². The fraction of sp³-hybridized carbons (Fsp3) is 0.765. The number of carbonyl (C=O) groups excluding carboxylic acids is 1. The number of rotatable bonds is 5. The molecule has 5 nitrogen and oxygen atoms in total. The molecule has 0 spiro atoms. The Hall–Kier alpha value is -1.36. The number of likely N-dealkylation sites (tertiary alicyclic amines) is 1. The number of hydrogen-bond donors (Lipinski definition) is 1. The zero-order valence-corrected chi connectivity index (χ0v) is 14.4. The van der Waals surface area contributed by atoms with Crippen molar-refractivity contribution in [1.29, 1.82) is 0 Å².